The van der Waals surface area contributed by atoms with E-state index in [-0.39, 0.29) is 5.91 Å². The summed E-state index contributed by atoms with van der Waals surface area (Å²) in [7, 11) is 0. The summed E-state index contributed by atoms with van der Waals surface area (Å²) in [6.07, 6.45) is 4.63. The van der Waals surface area contributed by atoms with Crippen molar-refractivity contribution in [2.45, 2.75) is 13.0 Å². The summed E-state index contributed by atoms with van der Waals surface area (Å²) < 4.78 is 1.90. The third-order valence-electron chi connectivity index (χ3n) is 6.47. The molecule has 0 radical (unpaired) electrons. The molecule has 2 heterocycles. The molecule has 0 N–H and O–H groups in total. The molecule has 0 spiro atoms. The van der Waals surface area contributed by atoms with Crippen LogP contribution in [-0.4, -0.2) is 46.8 Å². The average molecular weight is 462 g/mol. The number of aromatic nitrogens is 2. The Kier molecular flexibility index (Phi) is 6.58. The van der Waals surface area contributed by atoms with Gasteiger partial charge in [-0.15, -0.1) is 0 Å². The highest BCUT2D eigenvalue weighted by Crippen LogP contribution is 2.26. The van der Waals surface area contributed by atoms with Crippen LogP contribution in [0.1, 0.15) is 27.9 Å². The van der Waals surface area contributed by atoms with Gasteiger partial charge < -0.3 is 9.80 Å². The van der Waals surface area contributed by atoms with E-state index in [9.17, 15) is 4.79 Å². The molecule has 0 saturated carbocycles. The summed E-state index contributed by atoms with van der Waals surface area (Å²) in [6.45, 7) is 3.76. The lowest BCUT2D eigenvalue weighted by molar-refractivity contribution is 0.0768. The fourth-order valence-electron chi connectivity index (χ4n) is 4.59. The van der Waals surface area contributed by atoms with Gasteiger partial charge in [-0.05, 0) is 59.5 Å². The Morgan fingerprint density at radius 2 is 1.69 bits per heavy atom. The van der Waals surface area contributed by atoms with Gasteiger partial charge >= 0.3 is 0 Å². The van der Waals surface area contributed by atoms with Crippen molar-refractivity contribution in [3.8, 4) is 17.2 Å². The molecule has 1 saturated heterocycles. The Balaban J connectivity index is 1.30. The fraction of sp³-hybridized carbons (Fsp3) is 0.207. The van der Waals surface area contributed by atoms with Crippen LogP contribution in [0.4, 0.5) is 5.69 Å². The van der Waals surface area contributed by atoms with Gasteiger partial charge in [0.15, 0.2) is 0 Å². The first-order valence-electron chi connectivity index (χ1n) is 11.9. The zero-order valence-electron chi connectivity index (χ0n) is 19.5. The molecule has 6 heteroatoms. The molecule has 174 valence electrons. The minimum atomic E-state index is 0.0721. The predicted octanol–water partition coefficient (Wildman–Crippen LogP) is 4.82. The van der Waals surface area contributed by atoms with Gasteiger partial charge in [0.05, 0.1) is 18.2 Å². The monoisotopic (exact) mass is 461 g/mol. The summed E-state index contributed by atoms with van der Waals surface area (Å²) in [4.78, 5) is 17.9. The largest absolute Gasteiger partial charge is 0.370 e. The van der Waals surface area contributed by atoms with Crippen molar-refractivity contribution in [1.82, 2.24) is 14.7 Å². The Morgan fingerprint density at radius 1 is 0.886 bits per heavy atom. The average Bonchev–Trinajstić information content (AvgIpc) is 3.30. The highest BCUT2D eigenvalue weighted by molar-refractivity contribution is 6.01. The van der Waals surface area contributed by atoms with E-state index in [2.05, 4.69) is 40.3 Å². The summed E-state index contributed by atoms with van der Waals surface area (Å²) in [6, 6.07) is 28.0. The Morgan fingerprint density at radius 3 is 2.43 bits per heavy atom. The van der Waals surface area contributed by atoms with Crippen LogP contribution < -0.4 is 4.90 Å². The van der Waals surface area contributed by atoms with E-state index in [1.54, 1.807) is 6.20 Å². The molecule has 0 aliphatic carbocycles. The van der Waals surface area contributed by atoms with Crippen LogP contribution in [0.3, 0.4) is 0 Å². The minimum Gasteiger partial charge on any atom is -0.370 e. The number of anilines is 1. The molecule has 35 heavy (non-hydrogen) atoms. The predicted molar refractivity (Wildman–Crippen MR) is 137 cm³/mol. The lowest BCUT2D eigenvalue weighted by atomic mass is 9.97. The third kappa shape index (κ3) is 5.10. The fourth-order valence-corrected chi connectivity index (χ4v) is 4.59. The number of nitriles is 1. The first-order valence-corrected chi connectivity index (χ1v) is 11.9. The molecule has 0 bridgehead atoms. The first kappa shape index (κ1) is 22.4. The van der Waals surface area contributed by atoms with Crippen molar-refractivity contribution < 1.29 is 4.79 Å². The van der Waals surface area contributed by atoms with Crippen molar-refractivity contribution in [3.05, 3.63) is 108 Å². The van der Waals surface area contributed by atoms with E-state index in [0.29, 0.717) is 12.1 Å². The Labute approximate surface area is 205 Å². The molecule has 1 aliphatic heterocycles. The van der Waals surface area contributed by atoms with Crippen LogP contribution in [0.5, 0.6) is 0 Å². The molecular formula is C29H27N5O. The number of benzene rings is 3. The van der Waals surface area contributed by atoms with Gasteiger partial charge in [0.25, 0.3) is 5.91 Å². The van der Waals surface area contributed by atoms with Gasteiger partial charge in [-0.25, -0.2) is 0 Å². The van der Waals surface area contributed by atoms with Gasteiger partial charge in [0, 0.05) is 49.8 Å². The molecule has 0 atom stereocenters. The van der Waals surface area contributed by atoms with E-state index in [4.69, 9.17) is 5.26 Å². The zero-order valence-corrected chi connectivity index (χ0v) is 19.5. The highest BCUT2D eigenvalue weighted by atomic mass is 16.2. The van der Waals surface area contributed by atoms with Gasteiger partial charge in [0.1, 0.15) is 0 Å². The van der Waals surface area contributed by atoms with Crippen molar-refractivity contribution in [2.75, 3.05) is 31.1 Å². The maximum atomic E-state index is 13.6. The molecule has 3 aromatic carbocycles. The number of rotatable bonds is 5. The number of carbonyl (C=O) groups excluding carboxylic acids is 1. The molecule has 1 fully saturated rings. The van der Waals surface area contributed by atoms with E-state index < -0.39 is 0 Å². The van der Waals surface area contributed by atoms with Gasteiger partial charge in [0.2, 0.25) is 0 Å². The van der Waals surface area contributed by atoms with E-state index >= 15 is 0 Å². The topological polar surface area (TPSA) is 65.2 Å². The van der Waals surface area contributed by atoms with Crippen LogP contribution in [0.2, 0.25) is 0 Å². The summed E-state index contributed by atoms with van der Waals surface area (Å²) >= 11 is 0. The highest BCUT2D eigenvalue weighted by Gasteiger charge is 2.22. The minimum absolute atomic E-state index is 0.0721. The second-order valence-electron chi connectivity index (χ2n) is 8.74. The van der Waals surface area contributed by atoms with E-state index in [1.807, 2.05) is 70.4 Å². The van der Waals surface area contributed by atoms with Crippen LogP contribution >= 0.6 is 0 Å². The lowest BCUT2D eigenvalue weighted by Gasteiger charge is -2.24. The number of hydrogen-bond acceptors (Lipinski definition) is 4. The van der Waals surface area contributed by atoms with E-state index in [1.165, 1.54) is 0 Å². The van der Waals surface area contributed by atoms with Crippen molar-refractivity contribution in [1.29, 1.82) is 5.26 Å². The molecular weight excluding hydrogens is 434 g/mol. The SMILES string of the molecule is N#Cc1ccc(N2CCCN(C(=O)c3ccccc3-c3ccc(Cn4cccn4)cc3)CC2)cc1. The van der Waals surface area contributed by atoms with Crippen molar-refractivity contribution in [2.24, 2.45) is 0 Å². The van der Waals surface area contributed by atoms with Crippen LogP contribution in [-0.2, 0) is 6.54 Å². The van der Waals surface area contributed by atoms with Crippen LogP contribution in [0, 0.1) is 11.3 Å². The number of carbonyl (C=O) groups is 1. The second-order valence-corrected chi connectivity index (χ2v) is 8.74. The van der Waals surface area contributed by atoms with Gasteiger partial charge in [-0.3, -0.25) is 9.48 Å². The zero-order chi connectivity index (χ0) is 24.0. The maximum Gasteiger partial charge on any atom is 0.254 e. The Hall–Kier alpha value is -4.37. The molecule has 1 aromatic heterocycles. The summed E-state index contributed by atoms with van der Waals surface area (Å²) in [5.41, 5.74) is 5.64. The summed E-state index contributed by atoms with van der Waals surface area (Å²) in [5, 5.41) is 13.3. The summed E-state index contributed by atoms with van der Waals surface area (Å²) in [5.74, 6) is 0.0721. The number of hydrogen-bond donors (Lipinski definition) is 0. The lowest BCUT2D eigenvalue weighted by Crippen LogP contribution is -2.35. The quantitative estimate of drug-likeness (QED) is 0.427. The number of nitrogens with zero attached hydrogens (tertiary/aromatic N) is 5. The number of amides is 1. The third-order valence-corrected chi connectivity index (χ3v) is 6.47. The molecule has 4 aromatic rings. The standard InChI is InChI=1S/C29H27N5O/c30-21-23-9-13-26(14-10-23)32-16-4-17-33(20-19-32)29(35)28-6-2-1-5-27(28)25-11-7-24(8-12-25)22-34-18-3-15-31-34/h1-3,5-15,18H,4,16-17,19-20,22H2. The molecule has 1 aliphatic rings. The molecule has 6 nitrogen and oxygen atoms in total. The maximum absolute atomic E-state index is 13.6. The molecule has 1 amide bonds. The van der Waals surface area contributed by atoms with Crippen molar-refractivity contribution in [3.63, 3.8) is 0 Å². The normalized spacial score (nSPS) is 13.8. The van der Waals surface area contributed by atoms with E-state index in [0.717, 1.165) is 60.5 Å². The van der Waals surface area contributed by atoms with Gasteiger partial charge in [-0.2, -0.15) is 10.4 Å². The second kappa shape index (κ2) is 10.3. The van der Waals surface area contributed by atoms with Gasteiger partial charge in [-0.1, -0.05) is 42.5 Å². The molecule has 5 rings (SSSR count). The van der Waals surface area contributed by atoms with Crippen molar-refractivity contribution >= 4 is 11.6 Å². The smallest absolute Gasteiger partial charge is 0.254 e. The van der Waals surface area contributed by atoms with Crippen LogP contribution in [0.25, 0.3) is 11.1 Å². The first-order chi connectivity index (χ1) is 17.2. The Bertz CT molecular complexity index is 1320. The molecule has 0 unspecified atom stereocenters. The van der Waals surface area contributed by atoms with Crippen LogP contribution in [0.15, 0.2) is 91.3 Å².